The minimum absolute atomic E-state index is 0.165. The molecule has 0 atom stereocenters. The molecule has 100 valence electrons. The van der Waals surface area contributed by atoms with E-state index in [0.717, 1.165) is 12.0 Å². The van der Waals surface area contributed by atoms with Crippen LogP contribution in [0.3, 0.4) is 0 Å². The Hall–Kier alpha value is -2.27. The first-order valence-corrected chi connectivity index (χ1v) is 6.63. The molecular formula is C14H12ClN5. The van der Waals surface area contributed by atoms with E-state index in [0.29, 0.717) is 11.8 Å². The van der Waals surface area contributed by atoms with Gasteiger partial charge in [0.1, 0.15) is 6.33 Å². The Morgan fingerprint density at radius 3 is 2.55 bits per heavy atom. The molecule has 0 saturated heterocycles. The summed E-state index contributed by atoms with van der Waals surface area (Å²) in [7, 11) is 0. The molecule has 0 N–H and O–H groups in total. The van der Waals surface area contributed by atoms with Crippen LogP contribution in [0.4, 0.5) is 0 Å². The van der Waals surface area contributed by atoms with Crippen LogP contribution in [-0.4, -0.2) is 24.5 Å². The fraction of sp³-hybridized carbons (Fsp3) is 0.143. The zero-order valence-corrected chi connectivity index (χ0v) is 11.6. The van der Waals surface area contributed by atoms with Crippen LogP contribution in [0.25, 0.3) is 17.3 Å². The molecule has 0 aliphatic rings. The van der Waals surface area contributed by atoms with Crippen molar-refractivity contribution < 1.29 is 0 Å². The minimum atomic E-state index is 0.165. The molecule has 1 aromatic carbocycles. The Labute approximate surface area is 121 Å². The molecule has 20 heavy (non-hydrogen) atoms. The first kappa shape index (κ1) is 12.7. The van der Waals surface area contributed by atoms with Crippen molar-refractivity contribution in [1.82, 2.24) is 24.5 Å². The lowest BCUT2D eigenvalue weighted by Crippen LogP contribution is -2.03. The van der Waals surface area contributed by atoms with Crippen molar-refractivity contribution in [2.75, 3.05) is 0 Å². The van der Waals surface area contributed by atoms with Gasteiger partial charge in [0.25, 0.3) is 0 Å². The molecule has 0 spiro atoms. The highest BCUT2D eigenvalue weighted by atomic mass is 35.5. The topological polar surface area (TPSA) is 56.5 Å². The normalized spacial score (nSPS) is 10.7. The van der Waals surface area contributed by atoms with Crippen molar-refractivity contribution in [2.24, 2.45) is 0 Å². The van der Waals surface area contributed by atoms with Gasteiger partial charge in [-0.25, -0.2) is 4.98 Å². The molecule has 5 nitrogen and oxygen atoms in total. The van der Waals surface area contributed by atoms with Gasteiger partial charge in [-0.3, -0.25) is 4.57 Å². The fourth-order valence-corrected chi connectivity index (χ4v) is 2.01. The maximum atomic E-state index is 5.98. The molecule has 0 fully saturated rings. The summed E-state index contributed by atoms with van der Waals surface area (Å²) < 4.78 is 1.69. The summed E-state index contributed by atoms with van der Waals surface area (Å²) in [6.07, 6.45) is 6.04. The van der Waals surface area contributed by atoms with Crippen LogP contribution in [0.1, 0.15) is 12.5 Å². The smallest absolute Gasteiger partial charge is 0.239 e. The van der Waals surface area contributed by atoms with Gasteiger partial charge in [0.2, 0.25) is 11.2 Å². The van der Waals surface area contributed by atoms with Crippen LogP contribution in [0, 0.1) is 0 Å². The minimum Gasteiger partial charge on any atom is -0.274 e. The maximum absolute atomic E-state index is 5.98. The molecule has 0 bridgehead atoms. The lowest BCUT2D eigenvalue weighted by molar-refractivity contribution is 0.899. The average molecular weight is 286 g/mol. The van der Waals surface area contributed by atoms with Crippen molar-refractivity contribution in [3.63, 3.8) is 0 Å². The highest BCUT2D eigenvalue weighted by Gasteiger charge is 2.08. The number of aryl methyl sites for hydroxylation is 1. The molecule has 0 aliphatic heterocycles. The first-order chi connectivity index (χ1) is 9.76. The first-order valence-electron chi connectivity index (χ1n) is 6.25. The predicted octanol–water partition coefficient (Wildman–Crippen LogP) is 2.94. The molecular weight excluding hydrogens is 274 g/mol. The van der Waals surface area contributed by atoms with Gasteiger partial charge in [-0.1, -0.05) is 31.2 Å². The Balaban J connectivity index is 2.04. The molecule has 2 aromatic heterocycles. The van der Waals surface area contributed by atoms with E-state index in [4.69, 9.17) is 11.6 Å². The zero-order valence-electron chi connectivity index (χ0n) is 10.9. The van der Waals surface area contributed by atoms with Gasteiger partial charge in [0.15, 0.2) is 5.82 Å². The quantitative estimate of drug-likeness (QED) is 0.742. The number of nitrogens with zero attached hydrogens (tertiary/aromatic N) is 5. The number of hydrogen-bond donors (Lipinski definition) is 0. The van der Waals surface area contributed by atoms with Crippen molar-refractivity contribution in [1.29, 1.82) is 0 Å². The predicted molar refractivity (Wildman–Crippen MR) is 76.8 cm³/mol. The summed E-state index contributed by atoms with van der Waals surface area (Å²) in [6, 6.07) is 8.10. The summed E-state index contributed by atoms with van der Waals surface area (Å²) in [6.45, 7) is 2.12. The third-order valence-electron chi connectivity index (χ3n) is 2.95. The van der Waals surface area contributed by atoms with E-state index in [-0.39, 0.29) is 5.28 Å². The summed E-state index contributed by atoms with van der Waals surface area (Å²) in [4.78, 5) is 16.7. The van der Waals surface area contributed by atoms with Crippen molar-refractivity contribution in [3.8, 4) is 17.3 Å². The van der Waals surface area contributed by atoms with Gasteiger partial charge >= 0.3 is 0 Å². The molecule has 0 amide bonds. The van der Waals surface area contributed by atoms with E-state index in [2.05, 4.69) is 39.0 Å². The maximum Gasteiger partial charge on any atom is 0.239 e. The van der Waals surface area contributed by atoms with E-state index >= 15 is 0 Å². The summed E-state index contributed by atoms with van der Waals surface area (Å²) >= 11 is 5.98. The Morgan fingerprint density at radius 1 is 1.10 bits per heavy atom. The monoisotopic (exact) mass is 285 g/mol. The van der Waals surface area contributed by atoms with Gasteiger partial charge in [-0.15, -0.1) is 0 Å². The second-order valence-corrected chi connectivity index (χ2v) is 4.59. The Bertz CT molecular complexity index is 707. The molecule has 0 saturated carbocycles. The van der Waals surface area contributed by atoms with E-state index in [9.17, 15) is 0 Å². The molecule has 0 radical (unpaired) electrons. The van der Waals surface area contributed by atoms with Gasteiger partial charge in [-0.05, 0) is 23.6 Å². The van der Waals surface area contributed by atoms with E-state index in [1.807, 2.05) is 12.1 Å². The molecule has 0 aliphatic carbocycles. The van der Waals surface area contributed by atoms with Crippen LogP contribution in [0.2, 0.25) is 5.28 Å². The van der Waals surface area contributed by atoms with Crippen LogP contribution in [0.5, 0.6) is 0 Å². The van der Waals surface area contributed by atoms with Crippen LogP contribution in [0.15, 0.2) is 43.0 Å². The van der Waals surface area contributed by atoms with Gasteiger partial charge in [-0.2, -0.15) is 15.0 Å². The van der Waals surface area contributed by atoms with Crippen molar-refractivity contribution >= 4 is 11.6 Å². The molecule has 0 unspecified atom stereocenters. The highest BCUT2D eigenvalue weighted by molar-refractivity contribution is 6.28. The summed E-state index contributed by atoms with van der Waals surface area (Å²) in [5.74, 6) is 1.01. The number of rotatable bonds is 3. The third kappa shape index (κ3) is 2.53. The SMILES string of the molecule is CCc1ccc(-c2nc(Cl)nc(-n3ccnc3)n2)cc1. The molecule has 3 rings (SSSR count). The Morgan fingerprint density at radius 2 is 1.90 bits per heavy atom. The molecule has 3 aromatic rings. The fourth-order valence-electron chi connectivity index (χ4n) is 1.85. The second kappa shape index (κ2) is 5.38. The Kier molecular flexibility index (Phi) is 3.43. The number of hydrogen-bond acceptors (Lipinski definition) is 4. The highest BCUT2D eigenvalue weighted by Crippen LogP contribution is 2.18. The zero-order chi connectivity index (χ0) is 13.9. The van der Waals surface area contributed by atoms with Crippen molar-refractivity contribution in [2.45, 2.75) is 13.3 Å². The number of imidazole rings is 1. The van der Waals surface area contributed by atoms with Crippen LogP contribution < -0.4 is 0 Å². The summed E-state index contributed by atoms with van der Waals surface area (Å²) in [5.41, 5.74) is 2.18. The molecule has 6 heteroatoms. The van der Waals surface area contributed by atoms with E-state index in [1.165, 1.54) is 5.56 Å². The lowest BCUT2D eigenvalue weighted by atomic mass is 10.1. The summed E-state index contributed by atoms with van der Waals surface area (Å²) in [5, 5.41) is 0.165. The second-order valence-electron chi connectivity index (χ2n) is 4.25. The lowest BCUT2D eigenvalue weighted by Gasteiger charge is -2.05. The average Bonchev–Trinajstić information content (AvgIpc) is 3.01. The molecule has 2 heterocycles. The third-order valence-corrected chi connectivity index (χ3v) is 3.12. The van der Waals surface area contributed by atoms with Crippen molar-refractivity contribution in [3.05, 3.63) is 53.8 Å². The van der Waals surface area contributed by atoms with Gasteiger partial charge in [0, 0.05) is 18.0 Å². The van der Waals surface area contributed by atoms with Gasteiger partial charge < -0.3 is 0 Å². The van der Waals surface area contributed by atoms with Crippen LogP contribution >= 0.6 is 11.6 Å². The number of aromatic nitrogens is 5. The number of halogens is 1. The van der Waals surface area contributed by atoms with E-state index in [1.54, 1.807) is 23.3 Å². The number of benzene rings is 1. The van der Waals surface area contributed by atoms with Crippen LogP contribution in [-0.2, 0) is 6.42 Å². The largest absolute Gasteiger partial charge is 0.274 e. The van der Waals surface area contributed by atoms with Gasteiger partial charge in [0.05, 0.1) is 0 Å². The van der Waals surface area contributed by atoms with E-state index < -0.39 is 0 Å². The standard InChI is InChI=1S/C14H12ClN5/c1-2-10-3-5-11(6-4-10)12-17-13(15)19-14(18-12)20-8-7-16-9-20/h3-9H,2H2,1H3.